The van der Waals surface area contributed by atoms with E-state index in [-0.39, 0.29) is 35.0 Å². The van der Waals surface area contributed by atoms with Gasteiger partial charge in [0.05, 0.1) is 22.4 Å². The zero-order valence-corrected chi connectivity index (χ0v) is 15.8. The molecule has 7 heteroatoms. The van der Waals surface area contributed by atoms with Gasteiger partial charge in [-0.05, 0) is 37.0 Å². The molecule has 2 atom stereocenters. The van der Waals surface area contributed by atoms with E-state index < -0.39 is 4.92 Å². The minimum absolute atomic E-state index is 0.149. The zero-order chi connectivity index (χ0) is 20.4. The van der Waals surface area contributed by atoms with Crippen LogP contribution < -0.4 is 10.2 Å². The number of anilines is 2. The number of benzene rings is 2. The molecule has 1 saturated heterocycles. The number of hydrogen-bond acceptors (Lipinski definition) is 5. The Morgan fingerprint density at radius 3 is 2.28 bits per heavy atom. The summed E-state index contributed by atoms with van der Waals surface area (Å²) in [6.45, 7) is 0.529. The van der Waals surface area contributed by atoms with Gasteiger partial charge in [-0.1, -0.05) is 42.5 Å². The summed E-state index contributed by atoms with van der Waals surface area (Å²) in [4.78, 5) is 37.7. The second kappa shape index (κ2) is 7.87. The predicted octanol–water partition coefficient (Wildman–Crippen LogP) is 3.71. The highest BCUT2D eigenvalue weighted by atomic mass is 16.6. The van der Waals surface area contributed by atoms with Crippen LogP contribution in [-0.2, 0) is 16.0 Å². The van der Waals surface area contributed by atoms with Gasteiger partial charge in [0.2, 0.25) is 11.8 Å². The summed E-state index contributed by atoms with van der Waals surface area (Å²) in [6.07, 6.45) is 5.62. The summed E-state index contributed by atoms with van der Waals surface area (Å²) < 4.78 is 0. The van der Waals surface area contributed by atoms with E-state index in [0.717, 1.165) is 16.9 Å². The Balaban J connectivity index is 1.54. The first-order valence-electron chi connectivity index (χ1n) is 9.65. The Bertz CT molecular complexity index is 961. The number of imide groups is 1. The van der Waals surface area contributed by atoms with Crippen molar-refractivity contribution in [1.29, 1.82) is 0 Å². The number of carbonyl (C=O) groups is 2. The highest BCUT2D eigenvalue weighted by molar-refractivity contribution is 6.22. The van der Waals surface area contributed by atoms with Crippen LogP contribution in [0.4, 0.5) is 17.1 Å². The van der Waals surface area contributed by atoms with Crippen LogP contribution in [0.2, 0.25) is 0 Å². The molecule has 1 aliphatic heterocycles. The van der Waals surface area contributed by atoms with Crippen molar-refractivity contribution in [1.82, 2.24) is 0 Å². The van der Waals surface area contributed by atoms with Gasteiger partial charge in [-0.2, -0.15) is 0 Å². The third-order valence-electron chi connectivity index (χ3n) is 5.52. The minimum atomic E-state index is -0.492. The van der Waals surface area contributed by atoms with E-state index >= 15 is 0 Å². The minimum Gasteiger partial charge on any atom is -0.379 e. The van der Waals surface area contributed by atoms with E-state index in [4.69, 9.17) is 0 Å². The van der Waals surface area contributed by atoms with Crippen LogP contribution >= 0.6 is 0 Å². The molecule has 29 heavy (non-hydrogen) atoms. The highest BCUT2D eigenvalue weighted by Crippen LogP contribution is 2.39. The lowest BCUT2D eigenvalue weighted by atomic mass is 9.85. The van der Waals surface area contributed by atoms with Gasteiger partial charge in [0.15, 0.2) is 0 Å². The molecule has 0 aromatic heterocycles. The number of rotatable bonds is 6. The van der Waals surface area contributed by atoms with Crippen molar-refractivity contribution < 1.29 is 14.5 Å². The second-order valence-corrected chi connectivity index (χ2v) is 7.29. The molecule has 0 radical (unpaired) electrons. The monoisotopic (exact) mass is 391 g/mol. The molecule has 148 valence electrons. The number of nitrogens with zero attached hydrogens (tertiary/aromatic N) is 2. The average Bonchev–Trinajstić information content (AvgIpc) is 2.99. The number of nitro benzene ring substituents is 1. The summed E-state index contributed by atoms with van der Waals surface area (Å²) in [5, 5.41) is 14.7. The summed E-state index contributed by atoms with van der Waals surface area (Å²) in [6, 6.07) is 14.3. The van der Waals surface area contributed by atoms with E-state index in [2.05, 4.69) is 5.32 Å². The average molecular weight is 391 g/mol. The molecule has 4 rings (SSSR count). The van der Waals surface area contributed by atoms with Crippen LogP contribution in [0.1, 0.15) is 18.4 Å². The number of fused-ring (bicyclic) bond motifs is 1. The summed E-state index contributed by atoms with van der Waals surface area (Å²) in [7, 11) is 0. The molecule has 2 aliphatic rings. The number of nitro groups is 1. The Morgan fingerprint density at radius 1 is 1.00 bits per heavy atom. The van der Waals surface area contributed by atoms with Gasteiger partial charge in [-0.3, -0.25) is 19.7 Å². The fourth-order valence-corrected chi connectivity index (χ4v) is 4.00. The normalized spacial score (nSPS) is 20.6. The Kier molecular flexibility index (Phi) is 5.12. The molecule has 0 unspecified atom stereocenters. The molecule has 2 aromatic rings. The first kappa shape index (κ1) is 18.9. The van der Waals surface area contributed by atoms with Crippen LogP contribution in [0.25, 0.3) is 0 Å². The Morgan fingerprint density at radius 2 is 1.66 bits per heavy atom. The van der Waals surface area contributed by atoms with Crippen LogP contribution in [0, 0.1) is 22.0 Å². The first-order valence-corrected chi connectivity index (χ1v) is 9.65. The van der Waals surface area contributed by atoms with Gasteiger partial charge in [-0.25, -0.2) is 4.90 Å². The predicted molar refractivity (Wildman–Crippen MR) is 110 cm³/mol. The van der Waals surface area contributed by atoms with E-state index in [1.807, 2.05) is 42.5 Å². The molecular weight excluding hydrogens is 370 g/mol. The number of allylic oxidation sites excluding steroid dienone is 2. The number of amides is 2. The van der Waals surface area contributed by atoms with Crippen LogP contribution in [0.15, 0.2) is 60.7 Å². The third kappa shape index (κ3) is 3.63. The molecule has 1 N–H and O–H groups in total. The molecule has 0 saturated carbocycles. The fraction of sp³-hybridized carbons (Fsp3) is 0.273. The topological polar surface area (TPSA) is 92.6 Å². The molecule has 1 fully saturated rings. The summed E-state index contributed by atoms with van der Waals surface area (Å²) in [5.74, 6) is -1.28. The van der Waals surface area contributed by atoms with E-state index in [1.165, 1.54) is 6.07 Å². The lowest BCUT2D eigenvalue weighted by Gasteiger charge is -2.16. The lowest BCUT2D eigenvalue weighted by Crippen LogP contribution is -2.30. The van der Waals surface area contributed by atoms with Gasteiger partial charge in [0.25, 0.3) is 5.69 Å². The third-order valence-corrected chi connectivity index (χ3v) is 5.52. The van der Waals surface area contributed by atoms with Crippen LogP contribution in [-0.4, -0.2) is 23.3 Å². The van der Waals surface area contributed by atoms with Gasteiger partial charge in [0, 0.05) is 12.6 Å². The van der Waals surface area contributed by atoms with Crippen LogP contribution in [0.5, 0.6) is 0 Å². The van der Waals surface area contributed by atoms with Crippen molar-refractivity contribution in [2.75, 3.05) is 16.8 Å². The van der Waals surface area contributed by atoms with Crippen molar-refractivity contribution in [2.45, 2.75) is 19.3 Å². The Hall–Kier alpha value is -3.48. The maximum Gasteiger partial charge on any atom is 0.294 e. The molecule has 2 aromatic carbocycles. The van der Waals surface area contributed by atoms with Crippen molar-refractivity contribution in [3.05, 3.63) is 76.4 Å². The number of nitrogens with one attached hydrogen (secondary N) is 1. The molecule has 2 amide bonds. The molecule has 7 nitrogen and oxygen atoms in total. The van der Waals surface area contributed by atoms with E-state index in [9.17, 15) is 19.7 Å². The summed E-state index contributed by atoms with van der Waals surface area (Å²) >= 11 is 0. The number of hydrogen-bond donors (Lipinski definition) is 1. The molecule has 0 spiro atoms. The first-order chi connectivity index (χ1) is 14.1. The zero-order valence-electron chi connectivity index (χ0n) is 15.8. The van der Waals surface area contributed by atoms with Crippen molar-refractivity contribution in [3.63, 3.8) is 0 Å². The SMILES string of the molecule is O=C1[C@H]2CC=CC[C@H]2C(=O)N1c1ccc(NCCc2ccccc2)c([N+](=O)[O-])c1. The number of carbonyl (C=O) groups excluding carboxylic acids is 2. The van der Waals surface area contributed by atoms with Gasteiger partial charge in [0.1, 0.15) is 5.69 Å². The van der Waals surface area contributed by atoms with Gasteiger partial charge < -0.3 is 5.32 Å². The summed E-state index contributed by atoms with van der Waals surface area (Å²) in [5.41, 5.74) is 1.61. The van der Waals surface area contributed by atoms with Crippen molar-refractivity contribution in [2.24, 2.45) is 11.8 Å². The fourth-order valence-electron chi connectivity index (χ4n) is 4.00. The van der Waals surface area contributed by atoms with E-state index in [1.54, 1.807) is 12.1 Å². The van der Waals surface area contributed by atoms with Gasteiger partial charge >= 0.3 is 0 Å². The largest absolute Gasteiger partial charge is 0.379 e. The molecule has 0 bridgehead atoms. The lowest BCUT2D eigenvalue weighted by molar-refractivity contribution is -0.383. The van der Waals surface area contributed by atoms with Gasteiger partial charge in [-0.15, -0.1) is 0 Å². The molecular formula is C22H21N3O4. The molecule has 1 heterocycles. The van der Waals surface area contributed by atoms with Crippen molar-refractivity contribution >= 4 is 28.9 Å². The maximum absolute atomic E-state index is 12.7. The van der Waals surface area contributed by atoms with Crippen LogP contribution in [0.3, 0.4) is 0 Å². The second-order valence-electron chi connectivity index (χ2n) is 7.29. The van der Waals surface area contributed by atoms with Crippen molar-refractivity contribution in [3.8, 4) is 0 Å². The smallest absolute Gasteiger partial charge is 0.294 e. The maximum atomic E-state index is 12.7. The Labute approximate surface area is 168 Å². The standard InChI is InChI=1S/C22H21N3O4/c26-21-17-8-4-5-9-18(17)22(27)24(21)16-10-11-19(20(14-16)25(28)29)23-13-12-15-6-2-1-3-7-15/h1-7,10-11,14,17-18,23H,8-9,12-13H2/t17-,18+. The molecule has 1 aliphatic carbocycles. The highest BCUT2D eigenvalue weighted by Gasteiger charge is 2.48. The van der Waals surface area contributed by atoms with E-state index in [0.29, 0.717) is 25.1 Å². The quantitative estimate of drug-likeness (QED) is 0.351.